The maximum absolute atomic E-state index is 12.1. The fraction of sp³-hybridized carbons (Fsp3) is 0.643. The van der Waals surface area contributed by atoms with Crippen molar-refractivity contribution in [3.05, 3.63) is 18.0 Å². The van der Waals surface area contributed by atoms with Gasteiger partial charge in [0.2, 0.25) is 0 Å². The molecule has 1 aromatic rings. The summed E-state index contributed by atoms with van der Waals surface area (Å²) in [5, 5.41) is 2.95. The molecule has 0 unspecified atom stereocenters. The normalized spacial score (nSPS) is 23.0. The second-order valence-electron chi connectivity index (χ2n) is 5.67. The van der Waals surface area contributed by atoms with Crippen LogP contribution < -0.4 is 5.32 Å². The van der Waals surface area contributed by atoms with E-state index in [9.17, 15) is 13.2 Å². The Bertz CT molecular complexity index is 589. The van der Waals surface area contributed by atoms with E-state index in [-0.39, 0.29) is 22.5 Å². The van der Waals surface area contributed by atoms with Crippen LogP contribution in [-0.4, -0.2) is 25.4 Å². The highest BCUT2D eigenvalue weighted by Crippen LogP contribution is 2.27. The van der Waals surface area contributed by atoms with Crippen LogP contribution in [0.1, 0.15) is 55.9 Å². The highest BCUT2D eigenvalue weighted by Gasteiger charge is 2.23. The molecule has 1 aliphatic carbocycles. The Morgan fingerprint density at radius 3 is 2.57 bits per heavy atom. The van der Waals surface area contributed by atoms with E-state index in [0.29, 0.717) is 0 Å². The molecule has 5 nitrogen and oxygen atoms in total. The minimum Gasteiger partial charge on any atom is -0.356 e. The van der Waals surface area contributed by atoms with Crippen molar-refractivity contribution in [3.8, 4) is 0 Å². The number of H-pyrrole nitrogens is 1. The van der Waals surface area contributed by atoms with Gasteiger partial charge in [-0.25, -0.2) is 8.42 Å². The van der Waals surface area contributed by atoms with Gasteiger partial charge in [-0.2, -0.15) is 0 Å². The largest absolute Gasteiger partial charge is 0.356 e. The zero-order valence-corrected chi connectivity index (χ0v) is 13.6. The summed E-state index contributed by atoms with van der Waals surface area (Å²) in [6, 6.07) is 1.44. The maximum atomic E-state index is 12.1. The van der Waals surface area contributed by atoms with Gasteiger partial charge in [-0.1, -0.05) is 19.8 Å². The number of aromatic nitrogens is 1. The molecular formula is C14H21ClN2O3S. The first-order chi connectivity index (χ1) is 9.90. The maximum Gasteiger partial charge on any atom is 0.267 e. The molecule has 1 saturated carbocycles. The molecule has 0 radical (unpaired) electrons. The summed E-state index contributed by atoms with van der Waals surface area (Å²) in [6.07, 6.45) is 7.95. The van der Waals surface area contributed by atoms with Crippen LogP contribution in [0.15, 0.2) is 17.2 Å². The smallest absolute Gasteiger partial charge is 0.267 e. The molecule has 118 valence electrons. The monoisotopic (exact) mass is 332 g/mol. The number of halogens is 1. The number of carbonyl (C=O) groups is 1. The molecule has 0 bridgehead atoms. The van der Waals surface area contributed by atoms with E-state index < -0.39 is 9.05 Å². The van der Waals surface area contributed by atoms with Crippen molar-refractivity contribution < 1.29 is 13.2 Å². The number of nitrogens with one attached hydrogen (secondary N) is 2. The number of hydrogen-bond donors (Lipinski definition) is 2. The van der Waals surface area contributed by atoms with Gasteiger partial charge in [0.05, 0.1) is 0 Å². The first kappa shape index (κ1) is 16.4. The third kappa shape index (κ3) is 4.48. The Balaban J connectivity index is 1.89. The number of carbonyl (C=O) groups excluding carboxylic acids is 1. The van der Waals surface area contributed by atoms with Crippen molar-refractivity contribution in [2.45, 2.75) is 56.4 Å². The van der Waals surface area contributed by atoms with Crippen molar-refractivity contribution >= 4 is 25.6 Å². The van der Waals surface area contributed by atoms with E-state index in [0.717, 1.165) is 31.6 Å². The number of amides is 1. The van der Waals surface area contributed by atoms with Crippen LogP contribution in [0.4, 0.5) is 0 Å². The average molecular weight is 333 g/mol. The van der Waals surface area contributed by atoms with Gasteiger partial charge in [0.1, 0.15) is 10.6 Å². The van der Waals surface area contributed by atoms with Crippen molar-refractivity contribution in [1.29, 1.82) is 0 Å². The lowest BCUT2D eigenvalue weighted by Gasteiger charge is -2.28. The minimum atomic E-state index is -3.80. The highest BCUT2D eigenvalue weighted by atomic mass is 35.7. The molecule has 21 heavy (non-hydrogen) atoms. The zero-order chi connectivity index (χ0) is 15.5. The summed E-state index contributed by atoms with van der Waals surface area (Å²) >= 11 is 0. The average Bonchev–Trinajstić information content (AvgIpc) is 2.91. The molecule has 2 N–H and O–H groups in total. The second kappa shape index (κ2) is 6.83. The van der Waals surface area contributed by atoms with Gasteiger partial charge in [0.25, 0.3) is 15.0 Å². The Morgan fingerprint density at radius 2 is 2.05 bits per heavy atom. The summed E-state index contributed by atoms with van der Waals surface area (Å²) in [5.41, 5.74) is 0.227. The molecule has 0 aliphatic heterocycles. The number of rotatable bonds is 5. The fourth-order valence-corrected chi connectivity index (χ4v) is 3.64. The Hall–Kier alpha value is -1.01. The molecule has 1 amide bonds. The van der Waals surface area contributed by atoms with E-state index in [1.54, 1.807) is 0 Å². The first-order valence-electron chi connectivity index (χ1n) is 7.34. The molecule has 2 rings (SSSR count). The lowest BCUT2D eigenvalue weighted by molar-refractivity contribution is 0.0916. The van der Waals surface area contributed by atoms with Gasteiger partial charge < -0.3 is 10.3 Å². The van der Waals surface area contributed by atoms with Gasteiger partial charge in [-0.05, 0) is 37.7 Å². The lowest BCUT2D eigenvalue weighted by Crippen LogP contribution is -2.37. The predicted octanol–water partition coefficient (Wildman–Crippen LogP) is 3.03. The van der Waals surface area contributed by atoms with Crippen molar-refractivity contribution in [2.24, 2.45) is 5.92 Å². The van der Waals surface area contributed by atoms with Gasteiger partial charge in [0, 0.05) is 22.9 Å². The standard InChI is InChI=1S/C14H21ClN2O3S/c1-2-3-10-4-6-11(7-5-10)17-14(18)13-8-12(9-16-13)21(15,19)20/h8-11,16H,2-7H2,1H3,(H,17,18). The number of hydrogen-bond acceptors (Lipinski definition) is 3. The molecule has 1 aromatic heterocycles. The van der Waals surface area contributed by atoms with Crippen LogP contribution in [0.2, 0.25) is 0 Å². The second-order valence-corrected chi connectivity index (χ2v) is 8.23. The van der Waals surface area contributed by atoms with Gasteiger partial charge >= 0.3 is 0 Å². The predicted molar refractivity (Wildman–Crippen MR) is 82.0 cm³/mol. The molecule has 0 saturated heterocycles. The van der Waals surface area contributed by atoms with Crippen molar-refractivity contribution in [3.63, 3.8) is 0 Å². The first-order valence-corrected chi connectivity index (χ1v) is 9.65. The van der Waals surface area contributed by atoms with Crippen LogP contribution in [-0.2, 0) is 9.05 Å². The summed E-state index contributed by atoms with van der Waals surface area (Å²) in [5.74, 6) is 0.502. The quantitative estimate of drug-likeness (QED) is 0.813. The van der Waals surface area contributed by atoms with Gasteiger partial charge in [-0.3, -0.25) is 4.79 Å². The van der Waals surface area contributed by atoms with Crippen LogP contribution in [0.3, 0.4) is 0 Å². The van der Waals surface area contributed by atoms with Gasteiger partial charge in [-0.15, -0.1) is 0 Å². The third-order valence-corrected chi connectivity index (χ3v) is 5.39. The van der Waals surface area contributed by atoms with E-state index >= 15 is 0 Å². The Labute approximate surface area is 129 Å². The SMILES string of the molecule is CCCC1CCC(NC(=O)c2cc(S(=O)(=O)Cl)c[nH]2)CC1. The van der Waals surface area contributed by atoms with E-state index in [2.05, 4.69) is 17.2 Å². The highest BCUT2D eigenvalue weighted by molar-refractivity contribution is 8.13. The molecular weight excluding hydrogens is 312 g/mol. The topological polar surface area (TPSA) is 79.0 Å². The molecule has 0 aromatic carbocycles. The molecule has 1 fully saturated rings. The Morgan fingerprint density at radius 1 is 1.38 bits per heavy atom. The molecule has 7 heteroatoms. The van der Waals surface area contributed by atoms with Gasteiger partial charge in [0.15, 0.2) is 0 Å². The van der Waals surface area contributed by atoms with Crippen molar-refractivity contribution in [1.82, 2.24) is 10.3 Å². The fourth-order valence-electron chi connectivity index (χ4n) is 2.91. The summed E-state index contributed by atoms with van der Waals surface area (Å²) < 4.78 is 22.3. The van der Waals surface area contributed by atoms with Crippen LogP contribution >= 0.6 is 10.7 Å². The Kier molecular flexibility index (Phi) is 5.32. The molecule has 1 aliphatic rings. The van der Waals surface area contributed by atoms with Crippen LogP contribution in [0, 0.1) is 5.92 Å². The lowest BCUT2D eigenvalue weighted by atomic mass is 9.83. The molecule has 1 heterocycles. The summed E-state index contributed by atoms with van der Waals surface area (Å²) in [7, 11) is 1.43. The van der Waals surface area contributed by atoms with Crippen molar-refractivity contribution in [2.75, 3.05) is 0 Å². The third-order valence-electron chi connectivity index (χ3n) is 4.06. The van der Waals surface area contributed by atoms with Crippen LogP contribution in [0.5, 0.6) is 0 Å². The van der Waals surface area contributed by atoms with Crippen LogP contribution in [0.25, 0.3) is 0 Å². The van der Waals surface area contributed by atoms with E-state index in [4.69, 9.17) is 10.7 Å². The molecule has 0 spiro atoms. The zero-order valence-electron chi connectivity index (χ0n) is 12.1. The van der Waals surface area contributed by atoms with E-state index in [1.807, 2.05) is 0 Å². The number of aromatic amines is 1. The summed E-state index contributed by atoms with van der Waals surface area (Å²) in [6.45, 7) is 2.20. The molecule has 0 atom stereocenters. The van der Waals surface area contributed by atoms with E-state index in [1.165, 1.54) is 25.1 Å². The summed E-state index contributed by atoms with van der Waals surface area (Å²) in [4.78, 5) is 14.7. The minimum absolute atomic E-state index is 0.0824.